The van der Waals surface area contributed by atoms with E-state index < -0.39 is 27.8 Å². The van der Waals surface area contributed by atoms with Crippen molar-refractivity contribution in [3.05, 3.63) is 0 Å². The van der Waals surface area contributed by atoms with Crippen LogP contribution >= 0.6 is 0 Å². The van der Waals surface area contributed by atoms with Crippen LogP contribution in [0.1, 0.15) is 12.8 Å². The SMILES string of the molecule is O=C(O)CNS(=O)(=O)C1CCOCC1. The fourth-order valence-electron chi connectivity index (χ4n) is 1.27. The summed E-state index contributed by atoms with van der Waals surface area (Å²) < 4.78 is 30.0. The zero-order valence-corrected chi connectivity index (χ0v) is 8.42. The molecule has 0 aliphatic carbocycles. The predicted molar refractivity (Wildman–Crippen MR) is 48.4 cm³/mol. The van der Waals surface area contributed by atoms with Crippen molar-refractivity contribution >= 4 is 16.0 Å². The van der Waals surface area contributed by atoms with Gasteiger partial charge in [-0.15, -0.1) is 0 Å². The minimum Gasteiger partial charge on any atom is -0.480 e. The molecule has 0 aromatic heterocycles. The van der Waals surface area contributed by atoms with Crippen LogP contribution in [0.15, 0.2) is 0 Å². The lowest BCUT2D eigenvalue weighted by molar-refractivity contribution is -0.135. The maximum atomic E-state index is 11.5. The molecule has 1 saturated heterocycles. The molecule has 1 rings (SSSR count). The van der Waals surface area contributed by atoms with Crippen LogP contribution in [0.4, 0.5) is 0 Å². The van der Waals surface area contributed by atoms with E-state index in [9.17, 15) is 13.2 Å². The van der Waals surface area contributed by atoms with E-state index >= 15 is 0 Å². The van der Waals surface area contributed by atoms with Gasteiger partial charge in [0.25, 0.3) is 0 Å². The van der Waals surface area contributed by atoms with Gasteiger partial charge >= 0.3 is 5.97 Å². The Morgan fingerprint density at radius 1 is 1.43 bits per heavy atom. The van der Waals surface area contributed by atoms with Crippen molar-refractivity contribution in [2.75, 3.05) is 19.8 Å². The highest BCUT2D eigenvalue weighted by Gasteiger charge is 2.27. The van der Waals surface area contributed by atoms with E-state index in [1.54, 1.807) is 0 Å². The van der Waals surface area contributed by atoms with E-state index in [-0.39, 0.29) is 0 Å². The molecule has 6 nitrogen and oxygen atoms in total. The van der Waals surface area contributed by atoms with Crippen LogP contribution < -0.4 is 4.72 Å². The summed E-state index contributed by atoms with van der Waals surface area (Å²) in [6, 6.07) is 0. The van der Waals surface area contributed by atoms with Gasteiger partial charge in [-0.25, -0.2) is 13.1 Å². The summed E-state index contributed by atoms with van der Waals surface area (Å²) in [7, 11) is -3.49. The monoisotopic (exact) mass is 223 g/mol. The summed E-state index contributed by atoms with van der Waals surface area (Å²) in [6.45, 7) is 0.275. The van der Waals surface area contributed by atoms with Crippen LogP contribution in [-0.2, 0) is 19.6 Å². The lowest BCUT2D eigenvalue weighted by atomic mass is 10.2. The van der Waals surface area contributed by atoms with Crippen LogP contribution in [0.25, 0.3) is 0 Å². The molecule has 0 spiro atoms. The van der Waals surface area contributed by atoms with Crippen molar-refractivity contribution in [1.82, 2.24) is 4.72 Å². The summed E-state index contributed by atoms with van der Waals surface area (Å²) in [5.74, 6) is -1.18. The molecule has 0 aromatic carbocycles. The van der Waals surface area contributed by atoms with Crippen molar-refractivity contribution in [2.45, 2.75) is 18.1 Å². The minimum absolute atomic E-state index is 0.415. The molecule has 0 amide bonds. The van der Waals surface area contributed by atoms with Gasteiger partial charge in [0.1, 0.15) is 6.54 Å². The molecular weight excluding hydrogens is 210 g/mol. The van der Waals surface area contributed by atoms with Crippen LogP contribution in [0.5, 0.6) is 0 Å². The normalized spacial score (nSPS) is 19.4. The first kappa shape index (κ1) is 11.4. The highest BCUT2D eigenvalue weighted by Crippen LogP contribution is 2.14. The van der Waals surface area contributed by atoms with Gasteiger partial charge in [0.15, 0.2) is 0 Å². The molecule has 1 fully saturated rings. The molecule has 2 N–H and O–H groups in total. The van der Waals surface area contributed by atoms with E-state index in [1.807, 2.05) is 4.72 Å². The van der Waals surface area contributed by atoms with Gasteiger partial charge in [-0.05, 0) is 12.8 Å². The number of nitrogens with one attached hydrogen (secondary N) is 1. The third-order valence-corrected chi connectivity index (χ3v) is 3.93. The Morgan fingerprint density at radius 2 is 2.00 bits per heavy atom. The summed E-state index contributed by atoms with van der Waals surface area (Å²) >= 11 is 0. The molecule has 0 bridgehead atoms. The molecule has 0 atom stereocenters. The van der Waals surface area contributed by atoms with Gasteiger partial charge in [-0.1, -0.05) is 0 Å². The lowest BCUT2D eigenvalue weighted by Crippen LogP contribution is -2.40. The van der Waals surface area contributed by atoms with E-state index in [0.717, 1.165) is 0 Å². The Kier molecular flexibility index (Phi) is 3.85. The maximum Gasteiger partial charge on any atom is 0.318 e. The van der Waals surface area contributed by atoms with Gasteiger partial charge < -0.3 is 9.84 Å². The standard InChI is InChI=1S/C7H13NO5S/c9-7(10)5-8-14(11,12)6-1-3-13-4-2-6/h6,8H,1-5H2,(H,9,10). The number of hydrogen-bond acceptors (Lipinski definition) is 4. The topological polar surface area (TPSA) is 92.7 Å². The quantitative estimate of drug-likeness (QED) is 0.649. The van der Waals surface area contributed by atoms with Gasteiger partial charge in [-0.2, -0.15) is 0 Å². The molecule has 7 heteroatoms. The first-order chi connectivity index (χ1) is 6.52. The molecule has 0 radical (unpaired) electrons. The van der Waals surface area contributed by atoms with Crippen molar-refractivity contribution in [3.8, 4) is 0 Å². The molecule has 14 heavy (non-hydrogen) atoms. The second kappa shape index (κ2) is 4.72. The van der Waals surface area contributed by atoms with Crippen molar-refractivity contribution in [2.24, 2.45) is 0 Å². The number of aliphatic carboxylic acids is 1. The highest BCUT2D eigenvalue weighted by molar-refractivity contribution is 7.90. The molecule has 0 unspecified atom stereocenters. The predicted octanol–water partition coefficient (Wildman–Crippen LogP) is -0.831. The second-order valence-electron chi connectivity index (χ2n) is 3.07. The third kappa shape index (κ3) is 3.24. The van der Waals surface area contributed by atoms with E-state index in [2.05, 4.69) is 0 Å². The lowest BCUT2D eigenvalue weighted by Gasteiger charge is -2.21. The Hall–Kier alpha value is -0.660. The largest absolute Gasteiger partial charge is 0.480 e. The van der Waals surface area contributed by atoms with Gasteiger partial charge in [0.2, 0.25) is 10.0 Å². The second-order valence-corrected chi connectivity index (χ2v) is 5.12. The average molecular weight is 223 g/mol. The summed E-state index contributed by atoms with van der Waals surface area (Å²) in [5, 5.41) is 7.81. The fourth-order valence-corrected chi connectivity index (χ4v) is 2.64. The number of sulfonamides is 1. The number of carboxylic acids is 1. The van der Waals surface area contributed by atoms with Gasteiger partial charge in [0, 0.05) is 13.2 Å². The molecule has 1 aliphatic heterocycles. The van der Waals surface area contributed by atoms with E-state index in [0.29, 0.717) is 26.1 Å². The van der Waals surface area contributed by atoms with Crippen LogP contribution in [0.2, 0.25) is 0 Å². The maximum absolute atomic E-state index is 11.5. The number of ether oxygens (including phenoxy) is 1. The van der Waals surface area contributed by atoms with Crippen molar-refractivity contribution in [1.29, 1.82) is 0 Å². The third-order valence-electron chi connectivity index (χ3n) is 2.03. The van der Waals surface area contributed by atoms with Crippen LogP contribution in [0, 0.1) is 0 Å². The Bertz CT molecular complexity index is 293. The van der Waals surface area contributed by atoms with E-state index in [1.165, 1.54) is 0 Å². The molecule has 1 heterocycles. The summed E-state index contributed by atoms with van der Waals surface area (Å²) in [5.41, 5.74) is 0. The first-order valence-electron chi connectivity index (χ1n) is 4.30. The first-order valence-corrected chi connectivity index (χ1v) is 5.85. The fraction of sp³-hybridized carbons (Fsp3) is 0.857. The molecule has 82 valence electrons. The average Bonchev–Trinajstić information content (AvgIpc) is 2.16. The van der Waals surface area contributed by atoms with Crippen molar-refractivity contribution < 1.29 is 23.1 Å². The summed E-state index contributed by atoms with van der Waals surface area (Å²) in [4.78, 5) is 10.2. The van der Waals surface area contributed by atoms with Gasteiger partial charge in [0.05, 0.1) is 5.25 Å². The molecular formula is C7H13NO5S. The molecule has 1 aliphatic rings. The number of carboxylic acid groups (broad SMARTS) is 1. The molecule has 0 aromatic rings. The van der Waals surface area contributed by atoms with Crippen LogP contribution in [0.3, 0.4) is 0 Å². The number of hydrogen-bond donors (Lipinski definition) is 2. The summed E-state index contributed by atoms with van der Waals surface area (Å²) in [6.07, 6.45) is 0.851. The number of carbonyl (C=O) groups is 1. The minimum atomic E-state index is -3.49. The molecule has 0 saturated carbocycles. The zero-order valence-electron chi connectivity index (χ0n) is 7.60. The van der Waals surface area contributed by atoms with Crippen molar-refractivity contribution in [3.63, 3.8) is 0 Å². The van der Waals surface area contributed by atoms with Gasteiger partial charge in [-0.3, -0.25) is 4.79 Å². The smallest absolute Gasteiger partial charge is 0.318 e. The number of rotatable bonds is 4. The Morgan fingerprint density at radius 3 is 2.50 bits per heavy atom. The Balaban J connectivity index is 2.50. The Labute approximate surface area is 82.3 Å². The highest BCUT2D eigenvalue weighted by atomic mass is 32.2. The zero-order chi connectivity index (χ0) is 10.6. The van der Waals surface area contributed by atoms with E-state index in [4.69, 9.17) is 9.84 Å². The van der Waals surface area contributed by atoms with Crippen LogP contribution in [-0.4, -0.2) is 44.5 Å².